The molecule has 0 aromatic carbocycles. The molecule has 2 aromatic rings. The Balaban J connectivity index is 1.84. The van der Waals surface area contributed by atoms with E-state index in [1.165, 1.54) is 28.7 Å². The molecule has 0 aliphatic heterocycles. The highest BCUT2D eigenvalue weighted by Gasteiger charge is 2.22. The zero-order chi connectivity index (χ0) is 14.8. The average molecular weight is 321 g/mol. The van der Waals surface area contributed by atoms with Gasteiger partial charge in [-0.2, -0.15) is 0 Å². The van der Waals surface area contributed by atoms with E-state index in [-0.39, 0.29) is 5.91 Å². The van der Waals surface area contributed by atoms with Gasteiger partial charge in [-0.1, -0.05) is 6.92 Å². The van der Waals surface area contributed by atoms with Gasteiger partial charge in [-0.05, 0) is 30.7 Å². The van der Waals surface area contributed by atoms with Crippen molar-refractivity contribution in [2.24, 2.45) is 5.92 Å². The zero-order valence-electron chi connectivity index (χ0n) is 12.3. The van der Waals surface area contributed by atoms with Gasteiger partial charge >= 0.3 is 0 Å². The van der Waals surface area contributed by atoms with Gasteiger partial charge < -0.3 is 5.32 Å². The Labute approximate surface area is 132 Å². The fourth-order valence-electron chi connectivity index (χ4n) is 2.73. The summed E-state index contributed by atoms with van der Waals surface area (Å²) in [5, 5.41) is 5.15. The zero-order valence-corrected chi connectivity index (χ0v) is 13.9. The molecule has 0 radical (unpaired) electrons. The molecule has 1 atom stereocenters. The largest absolute Gasteiger partial charge is 0.356 e. The third kappa shape index (κ3) is 3.21. The van der Waals surface area contributed by atoms with Gasteiger partial charge in [0.15, 0.2) is 0 Å². The average Bonchev–Trinajstić information content (AvgIpc) is 2.81. The first-order valence-corrected chi connectivity index (χ1v) is 9.08. The highest BCUT2D eigenvalue weighted by atomic mass is 32.2. The van der Waals surface area contributed by atoms with Crippen molar-refractivity contribution in [3.05, 3.63) is 16.8 Å². The van der Waals surface area contributed by atoms with Gasteiger partial charge in [0, 0.05) is 29.5 Å². The molecule has 0 spiro atoms. The second kappa shape index (κ2) is 6.32. The number of nitrogens with zero attached hydrogens (tertiary/aromatic N) is 2. The second-order valence-electron chi connectivity index (χ2n) is 5.54. The summed E-state index contributed by atoms with van der Waals surface area (Å²) in [4.78, 5) is 22.4. The van der Waals surface area contributed by atoms with Crippen molar-refractivity contribution in [1.82, 2.24) is 15.3 Å². The maximum absolute atomic E-state index is 10.9. The van der Waals surface area contributed by atoms with Crippen LogP contribution in [0, 0.1) is 5.92 Å². The van der Waals surface area contributed by atoms with Crippen molar-refractivity contribution >= 4 is 39.2 Å². The van der Waals surface area contributed by atoms with Gasteiger partial charge in [0.25, 0.3) is 0 Å². The molecule has 6 heteroatoms. The second-order valence-corrected chi connectivity index (χ2v) is 7.71. The van der Waals surface area contributed by atoms with E-state index in [0.717, 1.165) is 27.9 Å². The maximum Gasteiger partial charge on any atom is 0.216 e. The molecule has 0 fully saturated rings. The summed E-state index contributed by atoms with van der Waals surface area (Å²) in [6.45, 7) is 4.54. The van der Waals surface area contributed by atoms with Crippen LogP contribution < -0.4 is 5.32 Å². The minimum atomic E-state index is 0.0188. The van der Waals surface area contributed by atoms with Crippen molar-refractivity contribution in [3.63, 3.8) is 0 Å². The van der Waals surface area contributed by atoms with E-state index in [1.807, 2.05) is 11.3 Å². The van der Waals surface area contributed by atoms with E-state index in [4.69, 9.17) is 0 Å². The SMILES string of the molecule is CC(=O)NCCSc1ncnc2sc3c(c12)CC[C@H](C)C3. The van der Waals surface area contributed by atoms with Crippen molar-refractivity contribution in [2.75, 3.05) is 12.3 Å². The Kier molecular flexibility index (Phi) is 4.45. The number of carbonyl (C=O) groups excluding carboxylic acids is 1. The Morgan fingerprint density at radius 3 is 3.19 bits per heavy atom. The Morgan fingerprint density at radius 2 is 2.38 bits per heavy atom. The summed E-state index contributed by atoms with van der Waals surface area (Å²) in [5.41, 5.74) is 1.47. The fourth-order valence-corrected chi connectivity index (χ4v) is 5.03. The summed E-state index contributed by atoms with van der Waals surface area (Å²) >= 11 is 3.54. The monoisotopic (exact) mass is 321 g/mol. The molecule has 112 valence electrons. The van der Waals surface area contributed by atoms with Crippen molar-refractivity contribution in [1.29, 1.82) is 0 Å². The Hall–Kier alpha value is -1.14. The summed E-state index contributed by atoms with van der Waals surface area (Å²) < 4.78 is 0. The van der Waals surface area contributed by atoms with E-state index < -0.39 is 0 Å². The molecule has 3 rings (SSSR count). The fraction of sp³-hybridized carbons (Fsp3) is 0.533. The number of fused-ring (bicyclic) bond motifs is 3. The van der Waals surface area contributed by atoms with Gasteiger partial charge in [-0.15, -0.1) is 23.1 Å². The first kappa shape index (κ1) is 14.8. The van der Waals surface area contributed by atoms with Crippen LogP contribution in [0.3, 0.4) is 0 Å². The molecule has 2 heterocycles. The predicted octanol–water partition coefficient (Wildman–Crippen LogP) is 3.04. The molecule has 0 saturated carbocycles. The Bertz CT molecular complexity index is 668. The molecule has 1 amide bonds. The van der Waals surface area contributed by atoms with Gasteiger partial charge in [0.1, 0.15) is 16.2 Å². The number of thioether (sulfide) groups is 1. The molecule has 1 aliphatic carbocycles. The van der Waals surface area contributed by atoms with E-state index in [9.17, 15) is 4.79 Å². The van der Waals surface area contributed by atoms with Crippen molar-refractivity contribution in [3.8, 4) is 0 Å². The highest BCUT2D eigenvalue weighted by molar-refractivity contribution is 7.99. The lowest BCUT2D eigenvalue weighted by molar-refractivity contribution is -0.118. The van der Waals surface area contributed by atoms with Crippen LogP contribution in [0.2, 0.25) is 0 Å². The molecule has 1 N–H and O–H groups in total. The van der Waals surface area contributed by atoms with E-state index in [0.29, 0.717) is 6.54 Å². The van der Waals surface area contributed by atoms with Crippen LogP contribution in [0.5, 0.6) is 0 Å². The minimum absolute atomic E-state index is 0.0188. The molecule has 0 bridgehead atoms. The molecular formula is C15H19N3OS2. The van der Waals surface area contributed by atoms with Crippen LogP contribution in [0.25, 0.3) is 10.2 Å². The van der Waals surface area contributed by atoms with Crippen LogP contribution in [-0.2, 0) is 17.6 Å². The highest BCUT2D eigenvalue weighted by Crippen LogP contribution is 2.40. The molecular weight excluding hydrogens is 302 g/mol. The lowest BCUT2D eigenvalue weighted by Gasteiger charge is -2.18. The summed E-state index contributed by atoms with van der Waals surface area (Å²) in [6.07, 6.45) is 5.23. The van der Waals surface area contributed by atoms with Crippen LogP contribution in [-0.4, -0.2) is 28.2 Å². The quantitative estimate of drug-likeness (QED) is 0.534. The topological polar surface area (TPSA) is 54.9 Å². The normalized spacial score (nSPS) is 17.7. The van der Waals surface area contributed by atoms with E-state index in [2.05, 4.69) is 22.2 Å². The first-order valence-electron chi connectivity index (χ1n) is 7.27. The molecule has 1 aliphatic rings. The number of aryl methyl sites for hydroxylation is 1. The number of aromatic nitrogens is 2. The number of hydrogen-bond acceptors (Lipinski definition) is 5. The van der Waals surface area contributed by atoms with Gasteiger partial charge in [0.05, 0.1) is 0 Å². The number of amides is 1. The van der Waals surface area contributed by atoms with Gasteiger partial charge in [-0.3, -0.25) is 4.79 Å². The van der Waals surface area contributed by atoms with Crippen LogP contribution >= 0.6 is 23.1 Å². The lowest BCUT2D eigenvalue weighted by atomic mass is 9.89. The predicted molar refractivity (Wildman–Crippen MR) is 88.0 cm³/mol. The third-order valence-corrected chi connectivity index (χ3v) is 5.93. The summed E-state index contributed by atoms with van der Waals surface area (Å²) in [5.74, 6) is 1.63. The molecule has 21 heavy (non-hydrogen) atoms. The van der Waals surface area contributed by atoms with Gasteiger partial charge in [-0.25, -0.2) is 9.97 Å². The number of hydrogen-bond donors (Lipinski definition) is 1. The lowest BCUT2D eigenvalue weighted by Crippen LogP contribution is -2.22. The minimum Gasteiger partial charge on any atom is -0.356 e. The first-order chi connectivity index (χ1) is 10.1. The third-order valence-electron chi connectivity index (χ3n) is 3.77. The van der Waals surface area contributed by atoms with E-state index >= 15 is 0 Å². The molecule has 4 nitrogen and oxygen atoms in total. The van der Waals surface area contributed by atoms with Gasteiger partial charge in [0.2, 0.25) is 5.91 Å². The van der Waals surface area contributed by atoms with E-state index in [1.54, 1.807) is 25.0 Å². The van der Waals surface area contributed by atoms with Crippen LogP contribution in [0.15, 0.2) is 11.4 Å². The summed E-state index contributed by atoms with van der Waals surface area (Å²) in [6, 6.07) is 0. The summed E-state index contributed by atoms with van der Waals surface area (Å²) in [7, 11) is 0. The molecule has 0 saturated heterocycles. The van der Waals surface area contributed by atoms with Crippen LogP contribution in [0.1, 0.15) is 30.7 Å². The molecule has 2 aromatic heterocycles. The Morgan fingerprint density at radius 1 is 1.52 bits per heavy atom. The number of nitrogens with one attached hydrogen (secondary N) is 1. The van der Waals surface area contributed by atoms with Crippen molar-refractivity contribution in [2.45, 2.75) is 38.1 Å². The maximum atomic E-state index is 10.9. The smallest absolute Gasteiger partial charge is 0.216 e. The van der Waals surface area contributed by atoms with Crippen LogP contribution in [0.4, 0.5) is 0 Å². The number of thiophene rings is 1. The molecule has 0 unspecified atom stereocenters. The van der Waals surface area contributed by atoms with Crippen molar-refractivity contribution < 1.29 is 4.79 Å². The standard InChI is InChI=1S/C15H19N3OS2/c1-9-3-4-11-12(7-9)21-15-13(11)14(17-8-18-15)20-6-5-16-10(2)19/h8-9H,3-7H2,1-2H3,(H,16,19)/t9-/m0/s1. The number of rotatable bonds is 4. The number of carbonyl (C=O) groups is 1.